The number of anilines is 1. The van der Waals surface area contributed by atoms with E-state index < -0.39 is 5.97 Å². The molecule has 0 amide bonds. The van der Waals surface area contributed by atoms with E-state index >= 15 is 0 Å². The van der Waals surface area contributed by atoms with Crippen LogP contribution in [-0.2, 0) is 4.74 Å². The fourth-order valence-electron chi connectivity index (χ4n) is 1.47. The summed E-state index contributed by atoms with van der Waals surface area (Å²) in [7, 11) is 1.30. The molecule has 2 rings (SSSR count). The molecule has 6 heteroatoms. The molecule has 0 fully saturated rings. The molecule has 2 aromatic rings. The first-order valence-corrected chi connectivity index (χ1v) is 6.30. The lowest BCUT2D eigenvalue weighted by Gasteiger charge is -2.02. The third kappa shape index (κ3) is 1.90. The molecule has 0 aliphatic carbocycles. The molecular formula is C11H8N2O2S2. The molecule has 0 unspecified atom stereocenters. The first-order chi connectivity index (χ1) is 8.19. The summed E-state index contributed by atoms with van der Waals surface area (Å²) in [5.41, 5.74) is 6.66. The maximum Gasteiger partial charge on any atom is 0.340 e. The van der Waals surface area contributed by atoms with Gasteiger partial charge in [-0.15, -0.1) is 22.7 Å². The Hall–Kier alpha value is -1.84. The molecule has 2 heterocycles. The summed E-state index contributed by atoms with van der Waals surface area (Å²) in [6.07, 6.45) is 0. The number of methoxy groups -OCH3 is 1. The standard InChI is InChI=1S/C11H8N2O2S2/c1-13-10-7(6-4-3-5-16-6)8(9(12)17-10)11(14)15-2/h3-5H,12H2,2H3. The molecule has 0 saturated carbocycles. The summed E-state index contributed by atoms with van der Waals surface area (Å²) in [5, 5.41) is 2.63. The minimum Gasteiger partial charge on any atom is -0.465 e. The second kappa shape index (κ2) is 4.57. The van der Waals surface area contributed by atoms with Crippen molar-refractivity contribution >= 4 is 38.6 Å². The van der Waals surface area contributed by atoms with Gasteiger partial charge in [0.2, 0.25) is 0 Å². The number of rotatable bonds is 2. The lowest BCUT2D eigenvalue weighted by molar-refractivity contribution is 0.0603. The van der Waals surface area contributed by atoms with E-state index in [-0.39, 0.29) is 0 Å². The highest BCUT2D eigenvalue weighted by Crippen LogP contribution is 2.46. The monoisotopic (exact) mass is 264 g/mol. The number of ether oxygens (including phenoxy) is 1. The summed E-state index contributed by atoms with van der Waals surface area (Å²) in [6, 6.07) is 3.72. The molecule has 0 bridgehead atoms. The highest BCUT2D eigenvalue weighted by molar-refractivity contribution is 7.22. The Morgan fingerprint density at radius 3 is 2.88 bits per heavy atom. The number of esters is 1. The van der Waals surface area contributed by atoms with Gasteiger partial charge in [-0.25, -0.2) is 9.64 Å². The van der Waals surface area contributed by atoms with Gasteiger partial charge in [0.15, 0.2) is 0 Å². The van der Waals surface area contributed by atoms with Gasteiger partial charge in [-0.2, -0.15) is 0 Å². The number of nitrogens with two attached hydrogens (primary N) is 1. The van der Waals surface area contributed by atoms with Crippen molar-refractivity contribution in [3.05, 3.63) is 34.5 Å². The molecule has 17 heavy (non-hydrogen) atoms. The fourth-order valence-corrected chi connectivity index (χ4v) is 3.17. The molecule has 0 aliphatic rings. The van der Waals surface area contributed by atoms with Crippen molar-refractivity contribution in [3.8, 4) is 10.4 Å². The smallest absolute Gasteiger partial charge is 0.340 e. The molecule has 0 aromatic carbocycles. The van der Waals surface area contributed by atoms with Crippen LogP contribution in [0, 0.1) is 6.57 Å². The molecule has 0 aliphatic heterocycles. The minimum absolute atomic E-state index is 0.297. The summed E-state index contributed by atoms with van der Waals surface area (Å²) < 4.78 is 4.70. The molecule has 0 radical (unpaired) electrons. The average molecular weight is 264 g/mol. The summed E-state index contributed by atoms with van der Waals surface area (Å²) in [5.74, 6) is -0.503. The normalized spacial score (nSPS) is 9.88. The Morgan fingerprint density at radius 1 is 1.59 bits per heavy atom. The zero-order valence-electron chi connectivity index (χ0n) is 8.89. The van der Waals surface area contributed by atoms with Crippen molar-refractivity contribution in [3.63, 3.8) is 0 Å². The number of nitrogen functional groups attached to an aromatic ring is 1. The number of carbonyl (C=O) groups is 1. The van der Waals surface area contributed by atoms with Crippen LogP contribution >= 0.6 is 22.7 Å². The van der Waals surface area contributed by atoms with Gasteiger partial charge in [-0.05, 0) is 11.4 Å². The van der Waals surface area contributed by atoms with E-state index in [4.69, 9.17) is 17.0 Å². The largest absolute Gasteiger partial charge is 0.465 e. The average Bonchev–Trinajstić information content (AvgIpc) is 2.94. The van der Waals surface area contributed by atoms with Crippen molar-refractivity contribution in [2.45, 2.75) is 0 Å². The topological polar surface area (TPSA) is 56.7 Å². The number of hydrogen-bond acceptors (Lipinski definition) is 5. The summed E-state index contributed by atoms with van der Waals surface area (Å²) >= 11 is 2.57. The SMILES string of the molecule is [C-]#[N+]c1sc(N)c(C(=O)OC)c1-c1cccs1. The first kappa shape index (κ1) is 11.6. The van der Waals surface area contributed by atoms with Crippen LogP contribution in [0.3, 0.4) is 0 Å². The minimum atomic E-state index is -0.503. The Balaban J connectivity index is 2.71. The highest BCUT2D eigenvalue weighted by Gasteiger charge is 2.24. The van der Waals surface area contributed by atoms with Crippen molar-refractivity contribution in [2.75, 3.05) is 12.8 Å². The third-order valence-corrected chi connectivity index (χ3v) is 3.98. The van der Waals surface area contributed by atoms with Gasteiger partial charge in [0.25, 0.3) is 5.00 Å². The van der Waals surface area contributed by atoms with Crippen LogP contribution < -0.4 is 5.73 Å². The highest BCUT2D eigenvalue weighted by atomic mass is 32.1. The van der Waals surface area contributed by atoms with Crippen LogP contribution in [0.2, 0.25) is 0 Å². The van der Waals surface area contributed by atoms with Crippen LogP contribution in [0.5, 0.6) is 0 Å². The van der Waals surface area contributed by atoms with Crippen LogP contribution in [0.1, 0.15) is 10.4 Å². The lowest BCUT2D eigenvalue weighted by atomic mass is 10.1. The van der Waals surface area contributed by atoms with Gasteiger partial charge in [0.05, 0.1) is 24.2 Å². The van der Waals surface area contributed by atoms with E-state index in [1.165, 1.54) is 18.4 Å². The van der Waals surface area contributed by atoms with Crippen LogP contribution in [-0.4, -0.2) is 13.1 Å². The molecule has 2 N–H and O–H groups in total. The Bertz CT molecular complexity index is 594. The molecule has 0 atom stereocenters. The third-order valence-electron chi connectivity index (χ3n) is 2.18. The van der Waals surface area contributed by atoms with Gasteiger partial charge < -0.3 is 10.5 Å². The van der Waals surface area contributed by atoms with Gasteiger partial charge in [0, 0.05) is 10.4 Å². The predicted molar refractivity (Wildman–Crippen MR) is 69.6 cm³/mol. The first-order valence-electron chi connectivity index (χ1n) is 4.61. The van der Waals surface area contributed by atoms with Crippen molar-refractivity contribution in [2.24, 2.45) is 0 Å². The predicted octanol–water partition coefficient (Wildman–Crippen LogP) is 3.40. The van der Waals surface area contributed by atoms with Crippen molar-refractivity contribution in [1.82, 2.24) is 0 Å². The Labute approximate surface area is 106 Å². The number of hydrogen-bond donors (Lipinski definition) is 1. The van der Waals surface area contributed by atoms with Crippen LogP contribution in [0.15, 0.2) is 17.5 Å². The molecule has 0 spiro atoms. The van der Waals surface area contributed by atoms with Gasteiger partial charge in [-0.3, -0.25) is 0 Å². The van der Waals surface area contributed by atoms with Gasteiger partial charge in [-0.1, -0.05) is 6.07 Å². The molecular weight excluding hydrogens is 256 g/mol. The van der Waals surface area contributed by atoms with Gasteiger partial charge >= 0.3 is 5.97 Å². The van der Waals surface area contributed by atoms with Crippen molar-refractivity contribution < 1.29 is 9.53 Å². The number of carbonyl (C=O) groups excluding carboxylic acids is 1. The van der Waals surface area contributed by atoms with Gasteiger partial charge in [0.1, 0.15) is 0 Å². The van der Waals surface area contributed by atoms with E-state index in [0.29, 0.717) is 21.1 Å². The second-order valence-electron chi connectivity index (χ2n) is 3.10. The maximum atomic E-state index is 11.7. The zero-order chi connectivity index (χ0) is 12.4. The summed E-state index contributed by atoms with van der Waals surface area (Å²) in [6.45, 7) is 7.13. The summed E-state index contributed by atoms with van der Waals surface area (Å²) in [4.78, 5) is 15.9. The van der Waals surface area contributed by atoms with E-state index in [1.807, 2.05) is 17.5 Å². The zero-order valence-corrected chi connectivity index (χ0v) is 10.5. The van der Waals surface area contributed by atoms with E-state index in [1.54, 1.807) is 0 Å². The molecule has 86 valence electrons. The molecule has 0 saturated heterocycles. The van der Waals surface area contributed by atoms with Crippen LogP contribution in [0.25, 0.3) is 15.3 Å². The van der Waals surface area contributed by atoms with E-state index in [0.717, 1.165) is 16.2 Å². The maximum absolute atomic E-state index is 11.7. The quantitative estimate of drug-likeness (QED) is 0.668. The Kier molecular flexibility index (Phi) is 3.13. The number of nitrogens with zero attached hydrogens (tertiary/aromatic N) is 1. The molecule has 4 nitrogen and oxygen atoms in total. The number of thiophene rings is 2. The fraction of sp³-hybridized carbons (Fsp3) is 0.0909. The lowest BCUT2D eigenvalue weighted by Crippen LogP contribution is -2.04. The van der Waals surface area contributed by atoms with Crippen LogP contribution in [0.4, 0.5) is 10.0 Å². The molecule has 2 aromatic heterocycles. The second-order valence-corrected chi connectivity index (χ2v) is 5.08. The van der Waals surface area contributed by atoms with Crippen molar-refractivity contribution in [1.29, 1.82) is 0 Å². The van der Waals surface area contributed by atoms with E-state index in [9.17, 15) is 4.79 Å². The van der Waals surface area contributed by atoms with E-state index in [2.05, 4.69) is 4.85 Å². The Morgan fingerprint density at radius 2 is 2.35 bits per heavy atom.